The number of hydrogen-bond acceptors (Lipinski definition) is 0. The summed E-state index contributed by atoms with van der Waals surface area (Å²) in [7, 11) is 4.58. The van der Waals surface area contributed by atoms with Crippen molar-refractivity contribution in [2.45, 2.75) is 0 Å². The molecule has 0 atom stereocenters. The molecule has 0 aliphatic rings. The van der Waals surface area contributed by atoms with E-state index in [1.165, 1.54) is 0 Å². The number of halogens is 1. The molecule has 0 bridgehead atoms. The third kappa shape index (κ3) is 32.3. The minimum absolute atomic E-state index is 0. The Balaban J connectivity index is -0.00000000167. The number of hydrogen-bond donors (Lipinski definition) is 0. The quantitative estimate of drug-likeness (QED) is 0.471. The summed E-state index contributed by atoms with van der Waals surface area (Å²) in [6.45, 7) is 0. The zero-order chi connectivity index (χ0) is 2.00. The van der Waals surface area contributed by atoms with E-state index in [-0.39, 0.29) is 28.3 Å². The summed E-state index contributed by atoms with van der Waals surface area (Å²) in [6.07, 6.45) is 0. The van der Waals surface area contributed by atoms with Crippen molar-refractivity contribution in [1.29, 1.82) is 0 Å². The van der Waals surface area contributed by atoms with Crippen LogP contribution in [0, 0.1) is 14.9 Å². The summed E-state index contributed by atoms with van der Waals surface area (Å²) < 4.78 is 0. The van der Waals surface area contributed by atoms with Gasteiger partial charge in [0.2, 0.25) is 0 Å². The average Bonchev–Trinajstić information content (AvgIpc) is 1.00. The Kier molecular flexibility index (Phi) is 353. The Morgan fingerprint density at radius 3 is 1.00 bits per heavy atom. The Labute approximate surface area is 57.5 Å². The molecule has 0 unspecified atom stereocenters. The van der Waals surface area contributed by atoms with Crippen LogP contribution in [-0.4, -0.2) is 0 Å². The van der Waals surface area contributed by atoms with Crippen LogP contribution in [0.15, 0.2) is 0 Å². The second-order valence-corrected chi connectivity index (χ2v) is 0. The van der Waals surface area contributed by atoms with E-state index in [9.17, 15) is 0 Å². The molecule has 3 heteroatoms. The summed E-state index contributed by atoms with van der Waals surface area (Å²) in [5.41, 5.74) is 0. The minimum atomic E-state index is 0. The van der Waals surface area contributed by atoms with E-state index >= 15 is 0 Å². The second kappa shape index (κ2) is 54.2. The van der Waals surface area contributed by atoms with Crippen LogP contribution >= 0.6 is 22.7 Å². The van der Waals surface area contributed by atoms with E-state index in [1.54, 1.807) is 20.0 Å². The van der Waals surface area contributed by atoms with Crippen LogP contribution in [0.3, 0.4) is 0 Å². The van der Waals surface area contributed by atoms with Gasteiger partial charge in [-0.15, -0.1) is 0 Å². The Bertz CT molecular complexity index is 9.61. The molecule has 0 nitrogen and oxygen atoms in total. The van der Waals surface area contributed by atoms with Crippen LogP contribution in [0.5, 0.6) is 0 Å². The fourth-order valence-electron chi connectivity index (χ4n) is 0. The first-order valence-corrected chi connectivity index (χ1v) is 2.80. The van der Waals surface area contributed by atoms with Crippen molar-refractivity contribution >= 4 is 22.7 Å². The molecular weight excluding hydrogens is 289 g/mol. The monoisotopic (exact) mass is 296 g/mol. The molecule has 0 aliphatic carbocycles. The molecule has 0 spiro atoms. The van der Waals surface area contributed by atoms with Gasteiger partial charge in [0.1, 0.15) is 0 Å². The third-order valence-corrected chi connectivity index (χ3v) is 0. The van der Waals surface area contributed by atoms with Gasteiger partial charge in [-0.3, -0.25) is 0 Å². The van der Waals surface area contributed by atoms with Gasteiger partial charge in [-0.2, -0.15) is 13.5 Å². The molecule has 42 valence electrons. The molecular formula is C2H8AuClS-2. The molecule has 0 amide bonds. The van der Waals surface area contributed by atoms with Crippen molar-refractivity contribution in [2.75, 3.05) is 0 Å². The van der Waals surface area contributed by atoms with E-state index in [4.69, 9.17) is 0 Å². The molecule has 0 rings (SSSR count). The van der Waals surface area contributed by atoms with Crippen molar-refractivity contribution in [2.24, 2.45) is 0 Å². The van der Waals surface area contributed by atoms with Gasteiger partial charge in [-0.05, 0) is 0 Å². The van der Waals surface area contributed by atoms with Gasteiger partial charge in [0, 0.05) is 0 Å². The van der Waals surface area contributed by atoms with Crippen molar-refractivity contribution < 1.29 is 20.0 Å². The van der Waals surface area contributed by atoms with Gasteiger partial charge in [0.25, 0.3) is 0 Å². The molecule has 0 aliphatic heterocycles. The van der Waals surface area contributed by atoms with Gasteiger partial charge in [0.15, 0.2) is 0 Å². The summed E-state index contributed by atoms with van der Waals surface area (Å²) in [5, 5.41) is 0. The van der Waals surface area contributed by atoms with Gasteiger partial charge < -0.3 is 14.9 Å². The van der Waals surface area contributed by atoms with Crippen molar-refractivity contribution in [1.82, 2.24) is 0 Å². The maximum absolute atomic E-state index is 4.58. The van der Waals surface area contributed by atoms with Crippen LogP contribution < -0.4 is 0 Å². The molecule has 0 aromatic carbocycles. The van der Waals surface area contributed by atoms with Crippen LogP contribution in [-0.2, 0) is 20.0 Å². The van der Waals surface area contributed by atoms with Crippen molar-refractivity contribution in [3.05, 3.63) is 14.9 Å². The predicted octanol–water partition coefficient (Wildman–Crippen LogP) is 1.70. The van der Waals surface area contributed by atoms with E-state index in [2.05, 4.69) is 9.19 Å². The first-order valence-electron chi connectivity index (χ1n) is 0.114. The number of rotatable bonds is 0. The maximum atomic E-state index is 4.58. The Morgan fingerprint density at radius 1 is 1.00 bits per heavy atom. The zero-order valence-electron chi connectivity index (χ0n) is 3.18. The Hall–Kier alpha value is 1.38. The first-order chi connectivity index (χ1) is 1.00. The van der Waals surface area contributed by atoms with E-state index in [1.807, 2.05) is 0 Å². The summed E-state index contributed by atoms with van der Waals surface area (Å²) in [5.74, 6) is 0. The molecule has 0 aromatic heterocycles. The molecule has 5 heavy (non-hydrogen) atoms. The van der Waals surface area contributed by atoms with Crippen LogP contribution in [0.2, 0.25) is 0 Å². The second-order valence-electron chi connectivity index (χ2n) is 0. The molecule has 0 heterocycles. The van der Waals surface area contributed by atoms with E-state index in [0.717, 1.165) is 0 Å². The standard InChI is InChI=1S/2CH3.Au.ClH.H2S/h2*1H3;;1H;1H2/q2*-1;+1;;/p-1. The normalized spacial score (nSPS) is 1.40. The summed E-state index contributed by atoms with van der Waals surface area (Å²) in [4.78, 5) is 0. The summed E-state index contributed by atoms with van der Waals surface area (Å²) >= 11 is 1.75. The molecule has 0 radical (unpaired) electrons. The molecule has 0 N–H and O–H groups in total. The average molecular weight is 297 g/mol. The van der Waals surface area contributed by atoms with Gasteiger partial charge in [-0.25, -0.2) is 0 Å². The van der Waals surface area contributed by atoms with E-state index in [0.29, 0.717) is 0 Å². The van der Waals surface area contributed by atoms with Gasteiger partial charge in [0.05, 0.1) is 0 Å². The topological polar surface area (TPSA) is 0 Å². The molecule has 0 saturated heterocycles. The molecule has 0 fully saturated rings. The molecule has 0 saturated carbocycles. The van der Waals surface area contributed by atoms with Gasteiger partial charge >= 0.3 is 29.2 Å². The van der Waals surface area contributed by atoms with Crippen LogP contribution in [0.4, 0.5) is 0 Å². The van der Waals surface area contributed by atoms with Crippen molar-refractivity contribution in [3.8, 4) is 0 Å². The van der Waals surface area contributed by atoms with Crippen LogP contribution in [0.1, 0.15) is 0 Å². The third-order valence-electron chi connectivity index (χ3n) is 0. The summed E-state index contributed by atoms with van der Waals surface area (Å²) in [6, 6.07) is 0. The fraction of sp³-hybridized carbons (Fsp3) is 0. The molecule has 0 aromatic rings. The fourth-order valence-corrected chi connectivity index (χ4v) is 0. The Morgan fingerprint density at radius 2 is 1.00 bits per heavy atom. The SMILES string of the molecule is S.[CH3-].[CH3-].[Cl][Au]. The van der Waals surface area contributed by atoms with Crippen molar-refractivity contribution in [3.63, 3.8) is 0 Å². The van der Waals surface area contributed by atoms with Crippen LogP contribution in [0.25, 0.3) is 0 Å². The van der Waals surface area contributed by atoms with Gasteiger partial charge in [-0.1, -0.05) is 0 Å². The zero-order valence-corrected chi connectivity index (χ0v) is 7.10. The predicted molar refractivity (Wildman–Crippen MR) is 29.1 cm³/mol. The van der Waals surface area contributed by atoms with E-state index < -0.39 is 0 Å². The first kappa shape index (κ1) is 32.6.